The normalized spacial score (nSPS) is 12.3. The van der Waals surface area contributed by atoms with Gasteiger partial charge in [0, 0.05) is 5.56 Å². The van der Waals surface area contributed by atoms with Crippen LogP contribution in [0, 0.1) is 13.8 Å². The third-order valence-corrected chi connectivity index (χ3v) is 3.80. The van der Waals surface area contributed by atoms with Crippen molar-refractivity contribution in [1.29, 1.82) is 0 Å². The molecule has 0 saturated heterocycles. The van der Waals surface area contributed by atoms with Gasteiger partial charge in [-0.1, -0.05) is 24.3 Å². The summed E-state index contributed by atoms with van der Waals surface area (Å²) >= 11 is 0. The average molecular weight is 352 g/mol. The number of ether oxygens (including phenoxy) is 2. The maximum atomic E-state index is 12.2. The number of carbonyl (C=O) groups excluding carboxylic acids is 2. The van der Waals surface area contributed by atoms with E-state index >= 15 is 0 Å². The molecule has 2 N–H and O–H groups in total. The minimum Gasteiger partial charge on any atom is -0.488 e. The predicted octanol–water partition coefficient (Wildman–Crippen LogP) is 2.31. The summed E-state index contributed by atoms with van der Waals surface area (Å²) in [6, 6.07) is 13.1. The number of fused-ring (bicyclic) bond motifs is 1. The van der Waals surface area contributed by atoms with Gasteiger partial charge in [0.25, 0.3) is 11.8 Å². The molecular weight excluding hydrogens is 332 g/mol. The Hall–Kier alpha value is -3.28. The Balaban J connectivity index is 1.50. The summed E-state index contributed by atoms with van der Waals surface area (Å²) < 4.78 is 11.0. The smallest absolute Gasteiger partial charge is 0.276 e. The SMILES string of the molecule is Cc1cc(C)cc(OCC(=O)NNC(=O)C2=Cc3ccccc3OC2)c1. The fraction of sp³-hybridized carbons (Fsp3) is 0.200. The first-order valence-electron chi connectivity index (χ1n) is 8.24. The van der Waals surface area contributed by atoms with Crippen molar-refractivity contribution in [3.05, 3.63) is 64.7 Å². The van der Waals surface area contributed by atoms with Crippen LogP contribution in [0.4, 0.5) is 0 Å². The zero-order chi connectivity index (χ0) is 18.5. The van der Waals surface area contributed by atoms with Crippen molar-refractivity contribution in [2.45, 2.75) is 13.8 Å². The molecule has 1 heterocycles. The Kier molecular flexibility index (Phi) is 5.22. The van der Waals surface area contributed by atoms with Gasteiger partial charge < -0.3 is 9.47 Å². The summed E-state index contributed by atoms with van der Waals surface area (Å²) in [6.45, 7) is 3.87. The highest BCUT2D eigenvalue weighted by Crippen LogP contribution is 2.25. The molecule has 0 spiro atoms. The van der Waals surface area contributed by atoms with Crippen LogP contribution in [0.25, 0.3) is 6.08 Å². The van der Waals surface area contributed by atoms with Crippen molar-refractivity contribution in [3.63, 3.8) is 0 Å². The van der Waals surface area contributed by atoms with Crippen LogP contribution < -0.4 is 20.3 Å². The molecule has 6 nitrogen and oxygen atoms in total. The minimum atomic E-state index is -0.449. The zero-order valence-corrected chi connectivity index (χ0v) is 14.7. The lowest BCUT2D eigenvalue weighted by Crippen LogP contribution is -2.45. The van der Waals surface area contributed by atoms with Crippen LogP contribution in [0.5, 0.6) is 11.5 Å². The van der Waals surface area contributed by atoms with Crippen LogP contribution in [0.15, 0.2) is 48.0 Å². The van der Waals surface area contributed by atoms with Crippen LogP contribution in [0.1, 0.15) is 16.7 Å². The number of rotatable bonds is 4. The Labute approximate surface area is 151 Å². The number of benzene rings is 2. The second kappa shape index (κ2) is 7.74. The van der Waals surface area contributed by atoms with Crippen molar-refractivity contribution in [1.82, 2.24) is 10.9 Å². The molecule has 2 aromatic rings. The second-order valence-corrected chi connectivity index (χ2v) is 6.11. The number of amides is 2. The first kappa shape index (κ1) is 17.5. The molecule has 26 heavy (non-hydrogen) atoms. The number of hydrazine groups is 1. The van der Waals surface area contributed by atoms with E-state index in [1.54, 1.807) is 6.08 Å². The number of carbonyl (C=O) groups is 2. The summed E-state index contributed by atoms with van der Waals surface area (Å²) in [5.74, 6) is 0.480. The van der Waals surface area contributed by atoms with E-state index in [2.05, 4.69) is 10.9 Å². The van der Waals surface area contributed by atoms with Gasteiger partial charge in [-0.3, -0.25) is 20.4 Å². The van der Waals surface area contributed by atoms with E-state index in [-0.39, 0.29) is 13.2 Å². The van der Waals surface area contributed by atoms with E-state index in [1.807, 2.05) is 56.3 Å². The summed E-state index contributed by atoms with van der Waals surface area (Å²) in [6.07, 6.45) is 1.74. The Morgan fingerprint density at radius 2 is 1.81 bits per heavy atom. The summed E-state index contributed by atoms with van der Waals surface area (Å²) in [5.41, 5.74) is 8.08. The lowest BCUT2D eigenvalue weighted by Gasteiger charge is -2.17. The molecule has 0 unspecified atom stereocenters. The third kappa shape index (κ3) is 4.42. The molecular formula is C20H20N2O4. The maximum absolute atomic E-state index is 12.2. The molecule has 0 aromatic heterocycles. The van der Waals surface area contributed by atoms with Gasteiger partial charge in [-0.15, -0.1) is 0 Å². The standard InChI is InChI=1S/C20H20N2O4/c1-13-7-14(2)9-17(8-13)25-12-19(23)21-22-20(24)16-10-15-5-3-4-6-18(15)26-11-16/h3-10H,11-12H2,1-2H3,(H,21,23)(H,22,24). The maximum Gasteiger partial charge on any atom is 0.276 e. The quantitative estimate of drug-likeness (QED) is 0.828. The van der Waals surface area contributed by atoms with Gasteiger partial charge in [-0.05, 0) is 49.2 Å². The predicted molar refractivity (Wildman–Crippen MR) is 97.6 cm³/mol. The van der Waals surface area contributed by atoms with E-state index in [0.717, 1.165) is 22.4 Å². The Morgan fingerprint density at radius 1 is 1.08 bits per heavy atom. The van der Waals surface area contributed by atoms with Crippen LogP contribution >= 0.6 is 0 Å². The lowest BCUT2D eigenvalue weighted by molar-refractivity contribution is -0.128. The first-order valence-corrected chi connectivity index (χ1v) is 8.24. The van der Waals surface area contributed by atoms with Crippen molar-refractivity contribution < 1.29 is 19.1 Å². The van der Waals surface area contributed by atoms with E-state index < -0.39 is 11.8 Å². The molecule has 2 amide bonds. The van der Waals surface area contributed by atoms with Gasteiger partial charge in [-0.25, -0.2) is 0 Å². The first-order chi connectivity index (χ1) is 12.5. The number of hydrogen-bond donors (Lipinski definition) is 2. The van der Waals surface area contributed by atoms with E-state index in [0.29, 0.717) is 11.3 Å². The highest BCUT2D eigenvalue weighted by Gasteiger charge is 2.17. The molecule has 0 radical (unpaired) electrons. The zero-order valence-electron chi connectivity index (χ0n) is 14.7. The molecule has 6 heteroatoms. The fourth-order valence-corrected chi connectivity index (χ4v) is 2.66. The number of hydrogen-bond acceptors (Lipinski definition) is 4. The van der Waals surface area contributed by atoms with E-state index in [9.17, 15) is 9.59 Å². The van der Waals surface area contributed by atoms with Crippen LogP contribution in [-0.4, -0.2) is 25.0 Å². The van der Waals surface area contributed by atoms with Crippen LogP contribution in [-0.2, 0) is 9.59 Å². The Morgan fingerprint density at radius 3 is 2.58 bits per heavy atom. The van der Waals surface area contributed by atoms with Crippen molar-refractivity contribution in [2.24, 2.45) is 0 Å². The highest BCUT2D eigenvalue weighted by molar-refractivity contribution is 5.99. The molecule has 134 valence electrons. The van der Waals surface area contributed by atoms with Crippen LogP contribution in [0.2, 0.25) is 0 Å². The molecule has 2 aromatic carbocycles. The van der Waals surface area contributed by atoms with E-state index in [1.165, 1.54) is 0 Å². The monoisotopic (exact) mass is 352 g/mol. The lowest BCUT2D eigenvalue weighted by atomic mass is 10.1. The van der Waals surface area contributed by atoms with Crippen molar-refractivity contribution in [3.8, 4) is 11.5 Å². The topological polar surface area (TPSA) is 76.7 Å². The minimum absolute atomic E-state index is 0.151. The summed E-state index contributed by atoms with van der Waals surface area (Å²) in [7, 11) is 0. The average Bonchev–Trinajstić information content (AvgIpc) is 2.63. The van der Waals surface area contributed by atoms with Crippen molar-refractivity contribution in [2.75, 3.05) is 13.2 Å². The van der Waals surface area contributed by atoms with Gasteiger partial charge >= 0.3 is 0 Å². The second-order valence-electron chi connectivity index (χ2n) is 6.11. The molecule has 0 fully saturated rings. The number of aryl methyl sites for hydroxylation is 2. The molecule has 0 saturated carbocycles. The molecule has 0 bridgehead atoms. The highest BCUT2D eigenvalue weighted by atomic mass is 16.5. The molecule has 1 aliphatic heterocycles. The largest absolute Gasteiger partial charge is 0.488 e. The third-order valence-electron chi connectivity index (χ3n) is 3.80. The summed E-state index contributed by atoms with van der Waals surface area (Å²) in [4.78, 5) is 24.0. The van der Waals surface area contributed by atoms with Gasteiger partial charge in [0.05, 0.1) is 5.57 Å². The Bertz CT molecular complexity index is 854. The van der Waals surface area contributed by atoms with E-state index in [4.69, 9.17) is 9.47 Å². The molecule has 0 atom stereocenters. The number of nitrogens with one attached hydrogen (secondary N) is 2. The molecule has 1 aliphatic rings. The number of para-hydroxylation sites is 1. The van der Waals surface area contributed by atoms with Gasteiger partial charge in [0.2, 0.25) is 0 Å². The van der Waals surface area contributed by atoms with Gasteiger partial charge in [0.15, 0.2) is 6.61 Å². The fourth-order valence-electron chi connectivity index (χ4n) is 2.66. The van der Waals surface area contributed by atoms with Gasteiger partial charge in [0.1, 0.15) is 18.1 Å². The van der Waals surface area contributed by atoms with Crippen LogP contribution in [0.3, 0.4) is 0 Å². The molecule has 3 rings (SSSR count). The van der Waals surface area contributed by atoms with Gasteiger partial charge in [-0.2, -0.15) is 0 Å². The summed E-state index contributed by atoms with van der Waals surface area (Å²) in [5, 5.41) is 0. The molecule has 0 aliphatic carbocycles. The van der Waals surface area contributed by atoms with Crippen molar-refractivity contribution >= 4 is 17.9 Å².